The van der Waals surface area contributed by atoms with Gasteiger partial charge in [0.15, 0.2) is 9.61 Å². The summed E-state index contributed by atoms with van der Waals surface area (Å²) in [4.78, 5) is 14.4. The molecule has 0 fully saturated rings. The van der Waals surface area contributed by atoms with Crippen molar-refractivity contribution in [2.24, 2.45) is 5.73 Å². The van der Waals surface area contributed by atoms with Crippen LogP contribution in [0, 0.1) is 0 Å². The first kappa shape index (κ1) is 8.16. The normalized spacial score (nSPS) is 9.80. The van der Waals surface area contributed by atoms with Gasteiger partial charge in [-0.2, -0.15) is 0 Å². The van der Waals surface area contributed by atoms with Gasteiger partial charge in [-0.1, -0.05) is 11.3 Å². The van der Waals surface area contributed by atoms with E-state index < -0.39 is 5.91 Å². The zero-order valence-electron chi connectivity index (χ0n) is 4.60. The van der Waals surface area contributed by atoms with E-state index in [1.54, 1.807) is 0 Å². The topological polar surface area (TPSA) is 56.0 Å². The zero-order valence-corrected chi connectivity index (χ0v) is 8.59. The van der Waals surface area contributed by atoms with Crippen LogP contribution >= 0.6 is 43.2 Å². The number of hydrogen-bond donors (Lipinski definition) is 1. The lowest BCUT2D eigenvalue weighted by atomic mass is 10.5. The second-order valence-electron chi connectivity index (χ2n) is 1.45. The van der Waals surface area contributed by atoms with E-state index in [4.69, 9.17) is 5.73 Å². The van der Waals surface area contributed by atoms with E-state index in [-0.39, 0.29) is 5.69 Å². The van der Waals surface area contributed by atoms with Gasteiger partial charge in [-0.3, -0.25) is 4.79 Å². The third-order valence-electron chi connectivity index (χ3n) is 0.793. The molecule has 0 saturated heterocycles. The molecule has 0 aliphatic rings. The molecule has 1 heterocycles. The lowest BCUT2D eigenvalue weighted by molar-refractivity contribution is 0.0995. The van der Waals surface area contributed by atoms with Crippen molar-refractivity contribution in [3.8, 4) is 0 Å². The lowest BCUT2D eigenvalue weighted by Crippen LogP contribution is -2.11. The third-order valence-corrected chi connectivity index (χ3v) is 2.95. The van der Waals surface area contributed by atoms with Crippen molar-refractivity contribution in [1.82, 2.24) is 4.98 Å². The maximum Gasteiger partial charge on any atom is 0.269 e. The molecule has 0 spiro atoms. The highest BCUT2D eigenvalue weighted by Gasteiger charge is 2.11. The van der Waals surface area contributed by atoms with Crippen LogP contribution in [0.15, 0.2) is 7.70 Å². The number of nitrogens with two attached hydrogens (primary N) is 1. The number of rotatable bonds is 1. The van der Waals surface area contributed by atoms with E-state index in [1.165, 1.54) is 11.3 Å². The standard InChI is InChI=1S/C4H2Br2N2OS/c5-2-1(3(7)9)8-4(6)10-2/h(H2,7,9). The maximum atomic E-state index is 10.6. The van der Waals surface area contributed by atoms with Gasteiger partial charge in [0, 0.05) is 0 Å². The fourth-order valence-corrected chi connectivity index (χ4v) is 3.02. The maximum absolute atomic E-state index is 10.6. The second-order valence-corrected chi connectivity index (χ2v) is 5.05. The minimum absolute atomic E-state index is 0.275. The fraction of sp³-hybridized carbons (Fsp3) is 0. The Hall–Kier alpha value is 0.0600. The predicted molar refractivity (Wildman–Crippen MR) is 46.0 cm³/mol. The summed E-state index contributed by atoms with van der Waals surface area (Å²) in [7, 11) is 0. The first-order chi connectivity index (χ1) is 4.61. The van der Waals surface area contributed by atoms with Gasteiger partial charge in [0.25, 0.3) is 5.91 Å². The van der Waals surface area contributed by atoms with Crippen molar-refractivity contribution in [3.63, 3.8) is 0 Å². The molecule has 6 heteroatoms. The summed E-state index contributed by atoms with van der Waals surface area (Å²) in [6, 6.07) is 0. The van der Waals surface area contributed by atoms with E-state index in [9.17, 15) is 4.79 Å². The van der Waals surface area contributed by atoms with E-state index in [1.807, 2.05) is 0 Å². The third kappa shape index (κ3) is 1.56. The van der Waals surface area contributed by atoms with Crippen molar-refractivity contribution in [3.05, 3.63) is 13.4 Å². The van der Waals surface area contributed by atoms with Crippen molar-refractivity contribution < 1.29 is 4.79 Å². The Morgan fingerprint density at radius 1 is 1.60 bits per heavy atom. The quantitative estimate of drug-likeness (QED) is 0.855. The lowest BCUT2D eigenvalue weighted by Gasteiger charge is -1.84. The number of aromatic nitrogens is 1. The number of nitrogens with zero attached hydrogens (tertiary/aromatic N) is 1. The molecule has 3 nitrogen and oxygen atoms in total. The number of carbonyl (C=O) groups excluding carboxylic acids is 1. The van der Waals surface area contributed by atoms with Crippen LogP contribution in [0.1, 0.15) is 10.5 Å². The number of carbonyl (C=O) groups is 1. The number of halogens is 2. The monoisotopic (exact) mass is 284 g/mol. The molecule has 1 amide bonds. The van der Waals surface area contributed by atoms with Crippen molar-refractivity contribution in [2.75, 3.05) is 0 Å². The smallest absolute Gasteiger partial charge is 0.269 e. The molecular weight excluding hydrogens is 284 g/mol. The summed E-state index contributed by atoms with van der Waals surface area (Å²) in [6.45, 7) is 0. The Morgan fingerprint density at radius 2 is 2.20 bits per heavy atom. The molecule has 0 atom stereocenters. The molecule has 2 N–H and O–H groups in total. The van der Waals surface area contributed by atoms with Gasteiger partial charge < -0.3 is 5.73 Å². The molecule has 0 aliphatic carbocycles. The van der Waals surface area contributed by atoms with Crippen LogP contribution < -0.4 is 5.73 Å². The Kier molecular flexibility index (Phi) is 2.43. The van der Waals surface area contributed by atoms with E-state index in [0.29, 0.717) is 7.70 Å². The van der Waals surface area contributed by atoms with Gasteiger partial charge in [-0.25, -0.2) is 4.98 Å². The van der Waals surface area contributed by atoms with Gasteiger partial charge in [-0.05, 0) is 31.9 Å². The number of hydrogen-bond acceptors (Lipinski definition) is 3. The Bertz CT molecular complexity index is 272. The average Bonchev–Trinajstić information content (AvgIpc) is 2.10. The molecule has 0 aromatic carbocycles. The largest absolute Gasteiger partial charge is 0.364 e. The summed E-state index contributed by atoms with van der Waals surface area (Å²) in [6.07, 6.45) is 0. The molecule has 10 heavy (non-hydrogen) atoms. The minimum atomic E-state index is -0.520. The van der Waals surface area contributed by atoms with Gasteiger partial charge in [0.05, 0.1) is 0 Å². The average molecular weight is 286 g/mol. The molecule has 0 radical (unpaired) electrons. The Morgan fingerprint density at radius 3 is 2.40 bits per heavy atom. The van der Waals surface area contributed by atoms with E-state index in [2.05, 4.69) is 36.8 Å². The highest BCUT2D eigenvalue weighted by molar-refractivity contribution is 9.12. The van der Waals surface area contributed by atoms with Crippen LogP contribution in [-0.4, -0.2) is 10.9 Å². The summed E-state index contributed by atoms with van der Waals surface area (Å²) in [5.74, 6) is -0.520. The summed E-state index contributed by atoms with van der Waals surface area (Å²) >= 11 is 7.58. The molecule has 0 aliphatic heterocycles. The van der Waals surface area contributed by atoms with Crippen LogP contribution in [0.2, 0.25) is 0 Å². The molecule has 1 aromatic heterocycles. The molecular formula is C4H2Br2N2OS. The molecule has 0 bridgehead atoms. The van der Waals surface area contributed by atoms with Gasteiger partial charge in [0.2, 0.25) is 0 Å². The van der Waals surface area contributed by atoms with Crippen LogP contribution in [-0.2, 0) is 0 Å². The minimum Gasteiger partial charge on any atom is -0.364 e. The van der Waals surface area contributed by atoms with Gasteiger partial charge >= 0.3 is 0 Å². The van der Waals surface area contributed by atoms with Crippen LogP contribution in [0.25, 0.3) is 0 Å². The Balaban J connectivity index is 3.15. The SMILES string of the molecule is NC(=O)c1nc(Br)sc1Br. The highest BCUT2D eigenvalue weighted by atomic mass is 79.9. The number of amides is 1. The van der Waals surface area contributed by atoms with Crippen molar-refractivity contribution in [1.29, 1.82) is 0 Å². The highest BCUT2D eigenvalue weighted by Crippen LogP contribution is 2.27. The van der Waals surface area contributed by atoms with Gasteiger partial charge in [0.1, 0.15) is 3.79 Å². The van der Waals surface area contributed by atoms with Gasteiger partial charge in [-0.15, -0.1) is 0 Å². The summed E-state index contributed by atoms with van der Waals surface area (Å²) < 4.78 is 1.31. The molecule has 0 unspecified atom stereocenters. The molecule has 1 rings (SSSR count). The van der Waals surface area contributed by atoms with Crippen molar-refractivity contribution >= 4 is 49.1 Å². The number of primary amides is 1. The molecule has 1 aromatic rings. The molecule has 0 saturated carbocycles. The fourth-order valence-electron chi connectivity index (χ4n) is 0.429. The number of thiazole rings is 1. The van der Waals surface area contributed by atoms with E-state index in [0.717, 1.165) is 0 Å². The zero-order chi connectivity index (χ0) is 7.72. The first-order valence-electron chi connectivity index (χ1n) is 2.23. The Labute approximate surface area is 77.9 Å². The van der Waals surface area contributed by atoms with E-state index >= 15 is 0 Å². The predicted octanol–water partition coefficient (Wildman–Crippen LogP) is 1.77. The van der Waals surface area contributed by atoms with Crippen molar-refractivity contribution in [2.45, 2.75) is 0 Å². The summed E-state index contributed by atoms with van der Waals surface area (Å²) in [5.41, 5.74) is 5.26. The second kappa shape index (κ2) is 2.98. The van der Waals surface area contributed by atoms with Crippen LogP contribution in [0.4, 0.5) is 0 Å². The molecule has 54 valence electrons. The van der Waals surface area contributed by atoms with Crippen LogP contribution in [0.5, 0.6) is 0 Å². The first-order valence-corrected chi connectivity index (χ1v) is 4.63. The van der Waals surface area contributed by atoms with Crippen LogP contribution in [0.3, 0.4) is 0 Å². The summed E-state index contributed by atoms with van der Waals surface area (Å²) in [5, 5.41) is 0.